The summed E-state index contributed by atoms with van der Waals surface area (Å²) in [5.41, 5.74) is 14.6. The second kappa shape index (κ2) is 14.3. The average molecular weight is 602 g/mol. The number of amides is 4. The fourth-order valence-electron chi connectivity index (χ4n) is 5.18. The molecule has 0 radical (unpaired) electrons. The van der Waals surface area contributed by atoms with Gasteiger partial charge in [0.1, 0.15) is 23.9 Å². The van der Waals surface area contributed by atoms with Crippen molar-refractivity contribution in [3.63, 3.8) is 0 Å². The number of nitrogens with two attached hydrogens (primary N) is 2. The minimum Gasteiger partial charge on any atom is -0.508 e. The Morgan fingerprint density at radius 3 is 2.07 bits per heavy atom. The number of hydrogen-bond acceptors (Lipinski definition) is 7. The molecule has 4 amide bonds. The van der Waals surface area contributed by atoms with Crippen LogP contribution in [0.3, 0.4) is 0 Å². The lowest BCUT2D eigenvalue weighted by Gasteiger charge is -2.38. The van der Waals surface area contributed by atoms with Gasteiger partial charge in [0, 0.05) is 19.4 Å². The summed E-state index contributed by atoms with van der Waals surface area (Å²) in [5.74, 6) is -4.21. The van der Waals surface area contributed by atoms with Gasteiger partial charge in [0.15, 0.2) is 0 Å². The van der Waals surface area contributed by atoms with Gasteiger partial charge in [-0.25, -0.2) is 4.79 Å². The number of fused-ring (bicyclic) bond motifs is 1. The van der Waals surface area contributed by atoms with Gasteiger partial charge in [0.2, 0.25) is 23.6 Å². The van der Waals surface area contributed by atoms with Gasteiger partial charge in [-0.05, 0) is 40.8 Å². The van der Waals surface area contributed by atoms with Crippen LogP contribution in [0, 0.1) is 0 Å². The van der Waals surface area contributed by atoms with Crippen LogP contribution in [0.4, 0.5) is 0 Å². The number of carboxylic acid groups (broad SMARTS) is 1. The molecule has 8 N–H and O–H groups in total. The van der Waals surface area contributed by atoms with Gasteiger partial charge in [0.25, 0.3) is 0 Å². The molecular weight excluding hydrogens is 566 g/mol. The minimum absolute atomic E-state index is 0.0128. The number of benzene rings is 3. The summed E-state index contributed by atoms with van der Waals surface area (Å²) in [6, 6.07) is 17.7. The van der Waals surface area contributed by atoms with Crippen molar-refractivity contribution >= 4 is 29.6 Å². The maximum absolute atomic E-state index is 13.9. The van der Waals surface area contributed by atoms with Gasteiger partial charge < -0.3 is 37.2 Å². The summed E-state index contributed by atoms with van der Waals surface area (Å²) in [4.78, 5) is 65.5. The molecule has 0 bridgehead atoms. The maximum atomic E-state index is 13.9. The topological polar surface area (TPSA) is 205 Å². The van der Waals surface area contributed by atoms with Crippen molar-refractivity contribution in [1.29, 1.82) is 0 Å². The van der Waals surface area contributed by atoms with E-state index in [1.54, 1.807) is 42.5 Å². The Labute approximate surface area is 254 Å². The SMILES string of the molecule is NC(=O)C[C@H](NC(=O)[C@H](Cc1ccccc1)NC(=O)[C@@H]1Cc2ccccc2CN1C(=O)[C@@H](N)Cc1ccc(O)cc1)C(=O)O. The van der Waals surface area contributed by atoms with Crippen LogP contribution in [0.1, 0.15) is 28.7 Å². The van der Waals surface area contributed by atoms with Crippen LogP contribution in [0.15, 0.2) is 78.9 Å². The summed E-state index contributed by atoms with van der Waals surface area (Å²) in [7, 11) is 0. The molecule has 12 nitrogen and oxygen atoms in total. The van der Waals surface area contributed by atoms with Gasteiger partial charge in [-0.1, -0.05) is 66.7 Å². The molecule has 3 aromatic rings. The van der Waals surface area contributed by atoms with Crippen LogP contribution in [-0.4, -0.2) is 68.9 Å². The van der Waals surface area contributed by atoms with Gasteiger partial charge >= 0.3 is 5.97 Å². The van der Waals surface area contributed by atoms with Crippen LogP contribution in [0.5, 0.6) is 5.75 Å². The van der Waals surface area contributed by atoms with Gasteiger partial charge in [-0.15, -0.1) is 0 Å². The maximum Gasteiger partial charge on any atom is 0.326 e. The van der Waals surface area contributed by atoms with Gasteiger partial charge in [0.05, 0.1) is 12.5 Å². The molecule has 1 aliphatic rings. The molecule has 0 spiro atoms. The number of carbonyl (C=O) groups excluding carboxylic acids is 4. The Morgan fingerprint density at radius 2 is 1.43 bits per heavy atom. The lowest BCUT2D eigenvalue weighted by molar-refractivity contribution is -0.145. The molecule has 4 atom stereocenters. The van der Waals surface area contributed by atoms with E-state index in [-0.39, 0.29) is 31.6 Å². The molecular formula is C32H35N5O7. The van der Waals surface area contributed by atoms with Crippen LogP contribution < -0.4 is 22.1 Å². The number of carboxylic acids is 1. The number of hydrogen-bond donors (Lipinski definition) is 6. The summed E-state index contributed by atoms with van der Waals surface area (Å²) >= 11 is 0. The first-order valence-electron chi connectivity index (χ1n) is 14.1. The second-order valence-electron chi connectivity index (χ2n) is 10.8. The van der Waals surface area contributed by atoms with E-state index in [0.29, 0.717) is 5.56 Å². The predicted octanol–water partition coefficient (Wildman–Crippen LogP) is 0.388. The number of aromatic hydroxyl groups is 1. The smallest absolute Gasteiger partial charge is 0.326 e. The number of carbonyl (C=O) groups is 5. The van der Waals surface area contributed by atoms with Gasteiger partial charge in [-0.2, -0.15) is 0 Å². The Bertz CT molecular complexity index is 1510. The van der Waals surface area contributed by atoms with Crippen molar-refractivity contribution in [2.24, 2.45) is 11.5 Å². The van der Waals surface area contributed by atoms with Crippen molar-refractivity contribution in [3.05, 3.63) is 101 Å². The van der Waals surface area contributed by atoms with E-state index in [1.807, 2.05) is 24.3 Å². The largest absolute Gasteiger partial charge is 0.508 e. The molecule has 1 aliphatic heterocycles. The molecule has 0 saturated carbocycles. The number of aliphatic carboxylic acids is 1. The van der Waals surface area contributed by atoms with E-state index < -0.39 is 60.2 Å². The number of rotatable bonds is 12. The van der Waals surface area contributed by atoms with Crippen molar-refractivity contribution in [2.45, 2.75) is 56.4 Å². The van der Waals surface area contributed by atoms with Crippen molar-refractivity contribution < 1.29 is 34.2 Å². The third-order valence-electron chi connectivity index (χ3n) is 7.48. The molecule has 0 unspecified atom stereocenters. The molecule has 4 rings (SSSR count). The molecule has 0 aliphatic carbocycles. The summed E-state index contributed by atoms with van der Waals surface area (Å²) in [6.45, 7) is 0.117. The molecule has 0 fully saturated rings. The zero-order valence-electron chi connectivity index (χ0n) is 23.9. The quantitative estimate of drug-likeness (QED) is 0.171. The molecule has 1 heterocycles. The van der Waals surface area contributed by atoms with E-state index in [4.69, 9.17) is 11.5 Å². The van der Waals surface area contributed by atoms with Gasteiger partial charge in [-0.3, -0.25) is 19.2 Å². The monoisotopic (exact) mass is 601 g/mol. The summed E-state index contributed by atoms with van der Waals surface area (Å²) < 4.78 is 0. The summed E-state index contributed by atoms with van der Waals surface area (Å²) in [5, 5.41) is 24.1. The second-order valence-corrected chi connectivity index (χ2v) is 10.8. The standard InChI is InChI=1S/C32H35N5O7/c33-24(14-20-10-12-23(38)13-11-20)31(42)37-18-22-9-5-4-8-21(22)16-27(37)30(41)35-25(15-19-6-2-1-3-7-19)29(40)36-26(32(43)44)17-28(34)39/h1-13,24-27,38H,14-18,33H2,(H2,34,39)(H,35,41)(H,36,40)(H,43,44)/t24-,25-,26-,27-/m0/s1. The number of primary amides is 1. The fraction of sp³-hybridized carbons (Fsp3) is 0.281. The number of nitrogens with zero attached hydrogens (tertiary/aromatic N) is 1. The first-order chi connectivity index (χ1) is 21.0. The number of phenols is 1. The van der Waals surface area contributed by atoms with Crippen LogP contribution in [0.2, 0.25) is 0 Å². The number of nitrogens with one attached hydrogen (secondary N) is 2. The van der Waals surface area contributed by atoms with E-state index >= 15 is 0 Å². The van der Waals surface area contributed by atoms with Crippen molar-refractivity contribution in [1.82, 2.24) is 15.5 Å². The van der Waals surface area contributed by atoms with Crippen LogP contribution >= 0.6 is 0 Å². The highest BCUT2D eigenvalue weighted by atomic mass is 16.4. The van der Waals surface area contributed by atoms with Crippen molar-refractivity contribution in [3.8, 4) is 5.75 Å². The molecule has 3 aromatic carbocycles. The van der Waals surface area contributed by atoms with E-state index in [0.717, 1.165) is 16.7 Å². The van der Waals surface area contributed by atoms with Crippen LogP contribution in [-0.2, 0) is 49.8 Å². The third kappa shape index (κ3) is 8.19. The normalized spacial score (nSPS) is 16.1. The molecule has 12 heteroatoms. The third-order valence-corrected chi connectivity index (χ3v) is 7.48. The fourth-order valence-corrected chi connectivity index (χ4v) is 5.18. The average Bonchev–Trinajstić information content (AvgIpc) is 3.00. The highest BCUT2D eigenvalue weighted by Crippen LogP contribution is 2.25. The van der Waals surface area contributed by atoms with E-state index in [2.05, 4.69) is 10.6 Å². The highest BCUT2D eigenvalue weighted by Gasteiger charge is 2.38. The van der Waals surface area contributed by atoms with E-state index in [9.17, 15) is 34.2 Å². The first kappa shape index (κ1) is 31.7. The highest BCUT2D eigenvalue weighted by molar-refractivity contribution is 5.95. The Balaban J connectivity index is 1.59. The summed E-state index contributed by atoms with van der Waals surface area (Å²) in [6.07, 6.45) is -0.285. The zero-order chi connectivity index (χ0) is 31.8. The molecule has 0 aromatic heterocycles. The van der Waals surface area contributed by atoms with Crippen molar-refractivity contribution in [2.75, 3.05) is 0 Å². The first-order valence-corrected chi connectivity index (χ1v) is 14.1. The number of phenolic OH excluding ortho intramolecular Hbond substituents is 1. The predicted molar refractivity (Wildman–Crippen MR) is 160 cm³/mol. The Hall–Kier alpha value is -5.23. The molecule has 0 saturated heterocycles. The lowest BCUT2D eigenvalue weighted by Crippen LogP contribution is -2.60. The lowest BCUT2D eigenvalue weighted by atomic mass is 9.92. The Kier molecular flexibility index (Phi) is 10.3. The minimum atomic E-state index is -1.59. The van der Waals surface area contributed by atoms with Crippen LogP contribution in [0.25, 0.3) is 0 Å². The zero-order valence-corrected chi connectivity index (χ0v) is 23.9. The molecule has 44 heavy (non-hydrogen) atoms. The van der Waals surface area contributed by atoms with E-state index in [1.165, 1.54) is 17.0 Å². The Morgan fingerprint density at radius 1 is 0.818 bits per heavy atom. The molecule has 230 valence electrons.